The van der Waals surface area contributed by atoms with E-state index in [4.69, 9.17) is 5.73 Å². The fourth-order valence-electron chi connectivity index (χ4n) is 1.38. The molecule has 0 spiro atoms. The number of nitrogens with zero attached hydrogens (tertiary/aromatic N) is 3. The van der Waals surface area contributed by atoms with E-state index in [9.17, 15) is 13.2 Å². The van der Waals surface area contributed by atoms with Crippen molar-refractivity contribution < 1.29 is 17.9 Å². The van der Waals surface area contributed by atoms with Crippen molar-refractivity contribution >= 4 is 38.3 Å². The summed E-state index contributed by atoms with van der Waals surface area (Å²) >= 11 is 0.759. The SMILES string of the molecule is COC(=O)c1ccc(N)cc1S(=O)(=O)Nc1nnns1. The van der Waals surface area contributed by atoms with Gasteiger partial charge < -0.3 is 10.5 Å². The van der Waals surface area contributed by atoms with Gasteiger partial charge in [-0.2, -0.15) is 0 Å². The number of nitrogen functional groups attached to an aromatic ring is 1. The Bertz CT molecular complexity index is 729. The quantitative estimate of drug-likeness (QED) is 0.598. The number of benzene rings is 1. The Morgan fingerprint density at radius 1 is 1.45 bits per heavy atom. The third-order valence-corrected chi connectivity index (χ3v) is 4.24. The molecule has 1 heterocycles. The van der Waals surface area contributed by atoms with Crippen LogP contribution < -0.4 is 10.5 Å². The second kappa shape index (κ2) is 5.38. The number of nitrogens with one attached hydrogen (secondary N) is 1. The molecule has 2 rings (SSSR count). The summed E-state index contributed by atoms with van der Waals surface area (Å²) in [5.41, 5.74) is 5.61. The van der Waals surface area contributed by atoms with Crippen molar-refractivity contribution in [3.63, 3.8) is 0 Å². The number of carbonyl (C=O) groups is 1. The van der Waals surface area contributed by atoms with E-state index in [1.807, 2.05) is 0 Å². The predicted octanol–water partition coefficient (Wildman–Crippen LogP) is 0.103. The summed E-state index contributed by atoms with van der Waals surface area (Å²) in [6, 6.07) is 3.83. The number of sulfonamides is 1. The highest BCUT2D eigenvalue weighted by Crippen LogP contribution is 2.22. The summed E-state index contributed by atoms with van der Waals surface area (Å²) in [7, 11) is -2.90. The van der Waals surface area contributed by atoms with Gasteiger partial charge in [-0.15, -0.1) is 0 Å². The molecule has 0 aliphatic heterocycles. The van der Waals surface area contributed by atoms with Crippen LogP contribution in [0.15, 0.2) is 23.1 Å². The van der Waals surface area contributed by atoms with Gasteiger partial charge in [0.25, 0.3) is 10.0 Å². The number of nitrogens with two attached hydrogens (primary N) is 1. The van der Waals surface area contributed by atoms with Gasteiger partial charge in [-0.3, -0.25) is 4.72 Å². The molecule has 0 atom stereocenters. The van der Waals surface area contributed by atoms with Gasteiger partial charge in [-0.05, 0) is 23.4 Å². The molecule has 0 amide bonds. The Kier molecular flexibility index (Phi) is 3.81. The highest BCUT2D eigenvalue weighted by atomic mass is 32.2. The molecule has 2 aromatic rings. The van der Waals surface area contributed by atoms with Crippen molar-refractivity contribution in [1.82, 2.24) is 14.8 Å². The maximum absolute atomic E-state index is 12.2. The zero-order valence-electron chi connectivity index (χ0n) is 10.1. The van der Waals surface area contributed by atoms with Gasteiger partial charge in [0.1, 0.15) is 4.90 Å². The Hall–Kier alpha value is -2.27. The van der Waals surface area contributed by atoms with Crippen LogP contribution in [-0.4, -0.2) is 36.3 Å². The zero-order valence-corrected chi connectivity index (χ0v) is 11.7. The maximum Gasteiger partial charge on any atom is 0.339 e. The molecule has 0 unspecified atom stereocenters. The van der Waals surface area contributed by atoms with Crippen LogP contribution in [0, 0.1) is 0 Å². The third-order valence-electron chi connectivity index (χ3n) is 2.22. The summed E-state index contributed by atoms with van der Waals surface area (Å²) in [5, 5.41) is 6.71. The third kappa shape index (κ3) is 2.83. The summed E-state index contributed by atoms with van der Waals surface area (Å²) in [5.74, 6) is -0.791. The summed E-state index contributed by atoms with van der Waals surface area (Å²) in [4.78, 5) is 11.3. The van der Waals surface area contributed by atoms with E-state index in [-0.39, 0.29) is 21.3 Å². The highest BCUT2D eigenvalue weighted by molar-refractivity contribution is 7.93. The molecule has 3 N–H and O–H groups in total. The number of hydrogen-bond acceptors (Lipinski definition) is 9. The Morgan fingerprint density at radius 2 is 2.20 bits per heavy atom. The number of esters is 1. The van der Waals surface area contributed by atoms with Gasteiger partial charge in [0.15, 0.2) is 0 Å². The van der Waals surface area contributed by atoms with E-state index >= 15 is 0 Å². The number of ether oxygens (including phenoxy) is 1. The zero-order chi connectivity index (χ0) is 14.8. The van der Waals surface area contributed by atoms with E-state index in [0.717, 1.165) is 24.7 Å². The van der Waals surface area contributed by atoms with Crippen molar-refractivity contribution in [3.05, 3.63) is 23.8 Å². The van der Waals surface area contributed by atoms with E-state index < -0.39 is 16.0 Å². The lowest BCUT2D eigenvalue weighted by Crippen LogP contribution is -2.18. The number of hydrogen-bond donors (Lipinski definition) is 2. The predicted molar refractivity (Wildman–Crippen MR) is 70.7 cm³/mol. The molecular weight excluding hydrogens is 306 g/mol. The lowest BCUT2D eigenvalue weighted by Gasteiger charge is -2.09. The molecule has 106 valence electrons. The molecule has 20 heavy (non-hydrogen) atoms. The van der Waals surface area contributed by atoms with Gasteiger partial charge in [0.2, 0.25) is 5.13 Å². The first-order valence-corrected chi connectivity index (χ1v) is 7.35. The standard InChI is InChI=1S/C9H9N5O4S2/c1-18-8(15)6-3-2-5(10)4-7(6)20(16,17)12-9-11-13-14-19-9/h2-4H,10H2,1H3,(H,11,12,14). The summed E-state index contributed by atoms with van der Waals surface area (Å²) in [6.07, 6.45) is 0. The smallest absolute Gasteiger partial charge is 0.339 e. The van der Waals surface area contributed by atoms with Crippen LogP contribution in [0.3, 0.4) is 0 Å². The number of anilines is 2. The van der Waals surface area contributed by atoms with Crippen LogP contribution in [0.2, 0.25) is 0 Å². The normalized spacial score (nSPS) is 11.1. The molecular formula is C9H9N5O4S2. The minimum Gasteiger partial charge on any atom is -0.465 e. The molecule has 0 saturated carbocycles. The van der Waals surface area contributed by atoms with Crippen molar-refractivity contribution in [2.45, 2.75) is 4.90 Å². The van der Waals surface area contributed by atoms with Gasteiger partial charge in [-0.25, -0.2) is 13.2 Å². The average Bonchev–Trinajstić information content (AvgIpc) is 2.90. The van der Waals surface area contributed by atoms with E-state index in [0.29, 0.717) is 0 Å². The van der Waals surface area contributed by atoms with Crippen LogP contribution in [-0.2, 0) is 14.8 Å². The van der Waals surface area contributed by atoms with Gasteiger partial charge in [0, 0.05) is 17.2 Å². The van der Waals surface area contributed by atoms with Crippen LogP contribution in [0.1, 0.15) is 10.4 Å². The van der Waals surface area contributed by atoms with Crippen molar-refractivity contribution in [2.24, 2.45) is 0 Å². The average molecular weight is 315 g/mol. The Labute approximate surface area is 118 Å². The fraction of sp³-hybridized carbons (Fsp3) is 0.111. The number of methoxy groups -OCH3 is 1. The molecule has 0 aliphatic rings. The first-order valence-electron chi connectivity index (χ1n) is 5.10. The van der Waals surface area contributed by atoms with Gasteiger partial charge in [0.05, 0.1) is 12.7 Å². The molecule has 0 bridgehead atoms. The first kappa shape index (κ1) is 14.1. The van der Waals surface area contributed by atoms with Gasteiger partial charge >= 0.3 is 5.97 Å². The fourth-order valence-corrected chi connectivity index (χ4v) is 3.20. The first-order chi connectivity index (χ1) is 9.44. The molecule has 0 saturated heterocycles. The largest absolute Gasteiger partial charge is 0.465 e. The number of carbonyl (C=O) groups excluding carboxylic acids is 1. The monoisotopic (exact) mass is 315 g/mol. The second-order valence-corrected chi connectivity index (χ2v) is 5.90. The number of rotatable bonds is 4. The molecule has 1 aromatic carbocycles. The van der Waals surface area contributed by atoms with Crippen LogP contribution in [0.5, 0.6) is 0 Å². The van der Waals surface area contributed by atoms with Crippen molar-refractivity contribution in [2.75, 3.05) is 17.6 Å². The van der Waals surface area contributed by atoms with E-state index in [1.165, 1.54) is 12.1 Å². The highest BCUT2D eigenvalue weighted by Gasteiger charge is 2.24. The summed E-state index contributed by atoms with van der Waals surface area (Å²) in [6.45, 7) is 0. The molecule has 0 radical (unpaired) electrons. The van der Waals surface area contributed by atoms with Gasteiger partial charge in [-0.1, -0.05) is 9.59 Å². The van der Waals surface area contributed by atoms with Crippen LogP contribution in [0.4, 0.5) is 10.8 Å². The summed E-state index contributed by atoms with van der Waals surface area (Å²) < 4.78 is 34.6. The maximum atomic E-state index is 12.2. The minimum absolute atomic E-state index is 0.0248. The van der Waals surface area contributed by atoms with E-state index in [2.05, 4.69) is 24.3 Å². The lowest BCUT2D eigenvalue weighted by atomic mass is 10.2. The van der Waals surface area contributed by atoms with Crippen molar-refractivity contribution in [3.8, 4) is 0 Å². The molecule has 9 nitrogen and oxygen atoms in total. The Balaban J connectivity index is 2.50. The van der Waals surface area contributed by atoms with Crippen LogP contribution in [0.25, 0.3) is 0 Å². The molecule has 0 aliphatic carbocycles. The Morgan fingerprint density at radius 3 is 2.80 bits per heavy atom. The number of aromatic nitrogens is 3. The molecule has 1 aromatic heterocycles. The molecule has 11 heteroatoms. The van der Waals surface area contributed by atoms with E-state index in [1.54, 1.807) is 0 Å². The second-order valence-electron chi connectivity index (χ2n) is 3.52. The topological polar surface area (TPSA) is 137 Å². The van der Waals surface area contributed by atoms with Crippen molar-refractivity contribution in [1.29, 1.82) is 0 Å². The molecule has 0 fully saturated rings. The van der Waals surface area contributed by atoms with Crippen LogP contribution >= 0.6 is 11.5 Å². The minimum atomic E-state index is -4.05. The lowest BCUT2D eigenvalue weighted by molar-refractivity contribution is 0.0596.